The van der Waals surface area contributed by atoms with Crippen molar-refractivity contribution in [3.05, 3.63) is 82.9 Å². The summed E-state index contributed by atoms with van der Waals surface area (Å²) in [5, 5.41) is 4.47. The lowest BCUT2D eigenvalue weighted by Gasteiger charge is -2.10. The summed E-state index contributed by atoms with van der Waals surface area (Å²) in [6.07, 6.45) is 1.43. The van der Waals surface area contributed by atoms with Crippen LogP contribution in [-0.4, -0.2) is 38.9 Å². The molecule has 0 aromatic heterocycles. The van der Waals surface area contributed by atoms with E-state index >= 15 is 0 Å². The third kappa shape index (κ3) is 6.98. The first-order valence-corrected chi connectivity index (χ1v) is 10.1. The maximum absolute atomic E-state index is 12.4. The number of rotatable bonds is 9. The van der Waals surface area contributed by atoms with Gasteiger partial charge in [0.15, 0.2) is 18.1 Å². The van der Waals surface area contributed by atoms with Crippen LogP contribution in [0, 0.1) is 0 Å². The number of methoxy groups -OCH3 is 2. The maximum Gasteiger partial charge on any atom is 0.343 e. The number of hydrogen-bond acceptors (Lipinski definition) is 7. The summed E-state index contributed by atoms with van der Waals surface area (Å²) >= 11 is 5.80. The summed E-state index contributed by atoms with van der Waals surface area (Å²) in [7, 11) is 2.97. The summed E-state index contributed by atoms with van der Waals surface area (Å²) in [6, 6.07) is 18.1. The summed E-state index contributed by atoms with van der Waals surface area (Å²) < 4.78 is 21.2. The van der Waals surface area contributed by atoms with E-state index in [1.54, 1.807) is 66.7 Å². The molecule has 0 bridgehead atoms. The second-order valence-corrected chi connectivity index (χ2v) is 7.00. The van der Waals surface area contributed by atoms with E-state index in [9.17, 15) is 9.59 Å². The van der Waals surface area contributed by atoms with E-state index in [-0.39, 0.29) is 12.4 Å². The van der Waals surface area contributed by atoms with Crippen molar-refractivity contribution in [2.24, 2.45) is 5.10 Å². The molecule has 9 heteroatoms. The Morgan fingerprint density at radius 1 is 0.939 bits per heavy atom. The Labute approximate surface area is 195 Å². The average molecular weight is 469 g/mol. The van der Waals surface area contributed by atoms with Gasteiger partial charge in [-0.3, -0.25) is 4.79 Å². The fraction of sp³-hybridized carbons (Fsp3) is 0.125. The predicted molar refractivity (Wildman–Crippen MR) is 124 cm³/mol. The predicted octanol–water partition coefficient (Wildman–Crippen LogP) is 4.11. The zero-order chi connectivity index (χ0) is 23.6. The molecule has 3 aromatic rings. The highest BCUT2D eigenvalue weighted by Crippen LogP contribution is 2.28. The van der Waals surface area contributed by atoms with Gasteiger partial charge in [-0.15, -0.1) is 0 Å². The number of ether oxygens (including phenoxy) is 4. The van der Waals surface area contributed by atoms with Gasteiger partial charge in [-0.1, -0.05) is 17.7 Å². The van der Waals surface area contributed by atoms with Crippen molar-refractivity contribution in [2.75, 3.05) is 20.8 Å². The van der Waals surface area contributed by atoms with Gasteiger partial charge in [0.1, 0.15) is 11.5 Å². The van der Waals surface area contributed by atoms with Crippen molar-refractivity contribution in [2.45, 2.75) is 0 Å². The lowest BCUT2D eigenvalue weighted by molar-refractivity contribution is -0.123. The quantitative estimate of drug-likeness (QED) is 0.220. The van der Waals surface area contributed by atoms with Crippen LogP contribution in [0.3, 0.4) is 0 Å². The van der Waals surface area contributed by atoms with E-state index in [2.05, 4.69) is 10.5 Å². The topological polar surface area (TPSA) is 95.5 Å². The number of carbonyl (C=O) groups excluding carboxylic acids is 2. The van der Waals surface area contributed by atoms with Gasteiger partial charge in [0.2, 0.25) is 0 Å². The molecule has 0 fully saturated rings. The lowest BCUT2D eigenvalue weighted by Crippen LogP contribution is -2.24. The van der Waals surface area contributed by atoms with E-state index in [0.717, 1.165) is 0 Å². The van der Waals surface area contributed by atoms with Crippen molar-refractivity contribution < 1.29 is 28.5 Å². The van der Waals surface area contributed by atoms with E-state index < -0.39 is 11.9 Å². The Hall–Kier alpha value is -4.04. The third-order valence-electron chi connectivity index (χ3n) is 4.28. The smallest absolute Gasteiger partial charge is 0.343 e. The molecule has 170 valence electrons. The van der Waals surface area contributed by atoms with Crippen LogP contribution in [0.2, 0.25) is 5.02 Å². The van der Waals surface area contributed by atoms with Gasteiger partial charge in [0, 0.05) is 5.02 Å². The van der Waals surface area contributed by atoms with Crippen LogP contribution in [0.4, 0.5) is 0 Å². The highest BCUT2D eigenvalue weighted by molar-refractivity contribution is 6.30. The first-order chi connectivity index (χ1) is 16.0. The molecule has 0 saturated heterocycles. The lowest BCUT2D eigenvalue weighted by atomic mass is 10.2. The molecule has 0 aliphatic heterocycles. The number of hydrazone groups is 1. The second kappa shape index (κ2) is 11.5. The molecule has 0 aliphatic rings. The minimum absolute atomic E-state index is 0.207. The number of benzene rings is 3. The van der Waals surface area contributed by atoms with Crippen LogP contribution in [-0.2, 0) is 4.79 Å². The molecule has 1 amide bonds. The first-order valence-electron chi connectivity index (χ1n) is 9.73. The van der Waals surface area contributed by atoms with Crippen molar-refractivity contribution in [3.63, 3.8) is 0 Å². The molecule has 3 rings (SSSR count). The fourth-order valence-electron chi connectivity index (χ4n) is 2.65. The second-order valence-electron chi connectivity index (χ2n) is 6.57. The highest BCUT2D eigenvalue weighted by atomic mass is 35.5. The van der Waals surface area contributed by atoms with Gasteiger partial charge in [-0.25, -0.2) is 10.2 Å². The summed E-state index contributed by atoms with van der Waals surface area (Å²) in [6.45, 7) is -0.207. The van der Waals surface area contributed by atoms with Gasteiger partial charge in [0.05, 0.1) is 26.0 Å². The normalized spacial score (nSPS) is 10.5. The largest absolute Gasteiger partial charge is 0.497 e. The molecule has 1 N–H and O–H groups in total. The molecular formula is C24H21ClN2O6. The molecule has 0 spiro atoms. The Balaban J connectivity index is 1.57. The number of nitrogens with zero attached hydrogens (tertiary/aromatic N) is 1. The first kappa shape index (κ1) is 23.6. The number of esters is 1. The van der Waals surface area contributed by atoms with E-state index in [0.29, 0.717) is 33.4 Å². The summed E-state index contributed by atoms with van der Waals surface area (Å²) in [5.74, 6) is 0.639. The Morgan fingerprint density at radius 3 is 2.45 bits per heavy atom. The molecule has 0 heterocycles. The molecular weight excluding hydrogens is 448 g/mol. The SMILES string of the molecule is COc1cccc(C(=O)Oc2ccc(C=NNC(=O)COc3ccc(Cl)cc3)cc2OC)c1. The van der Waals surface area contributed by atoms with Crippen LogP contribution in [0.1, 0.15) is 15.9 Å². The number of carbonyl (C=O) groups is 2. The van der Waals surface area contributed by atoms with Crippen molar-refractivity contribution >= 4 is 29.7 Å². The van der Waals surface area contributed by atoms with E-state index in [1.807, 2.05) is 0 Å². The van der Waals surface area contributed by atoms with E-state index in [1.165, 1.54) is 20.4 Å². The van der Waals surface area contributed by atoms with Crippen molar-refractivity contribution in [1.82, 2.24) is 5.43 Å². The van der Waals surface area contributed by atoms with Gasteiger partial charge < -0.3 is 18.9 Å². The Bertz CT molecular complexity index is 1150. The molecule has 0 aliphatic carbocycles. The zero-order valence-corrected chi connectivity index (χ0v) is 18.7. The molecule has 33 heavy (non-hydrogen) atoms. The molecule has 0 unspecified atom stereocenters. The third-order valence-corrected chi connectivity index (χ3v) is 4.53. The number of halogens is 1. The minimum atomic E-state index is -0.554. The van der Waals surface area contributed by atoms with E-state index in [4.69, 9.17) is 30.5 Å². The number of nitrogens with one attached hydrogen (secondary N) is 1. The highest BCUT2D eigenvalue weighted by Gasteiger charge is 2.13. The molecule has 0 atom stereocenters. The molecule has 8 nitrogen and oxygen atoms in total. The monoisotopic (exact) mass is 468 g/mol. The average Bonchev–Trinajstić information content (AvgIpc) is 2.84. The van der Waals surface area contributed by atoms with Gasteiger partial charge in [0.25, 0.3) is 5.91 Å². The Morgan fingerprint density at radius 2 is 1.73 bits per heavy atom. The van der Waals surface area contributed by atoms with Gasteiger partial charge in [-0.05, 0) is 66.2 Å². The van der Waals surface area contributed by atoms with Crippen molar-refractivity contribution in [1.29, 1.82) is 0 Å². The molecule has 3 aromatic carbocycles. The van der Waals surface area contributed by atoms with Crippen LogP contribution >= 0.6 is 11.6 Å². The molecule has 0 radical (unpaired) electrons. The zero-order valence-electron chi connectivity index (χ0n) is 17.9. The number of hydrogen-bond donors (Lipinski definition) is 1. The number of amides is 1. The Kier molecular flexibility index (Phi) is 8.26. The summed E-state index contributed by atoms with van der Waals surface area (Å²) in [5.41, 5.74) is 3.33. The maximum atomic E-state index is 12.4. The van der Waals surface area contributed by atoms with Gasteiger partial charge >= 0.3 is 5.97 Å². The summed E-state index contributed by atoms with van der Waals surface area (Å²) in [4.78, 5) is 24.3. The standard InChI is InChI=1S/C24H21ClN2O6/c1-30-20-5-3-4-17(13-20)24(29)33-21-11-6-16(12-22(21)31-2)14-26-27-23(28)15-32-19-9-7-18(25)8-10-19/h3-14H,15H2,1-2H3,(H,27,28). The molecule has 0 saturated carbocycles. The van der Waals surface area contributed by atoms with Crippen LogP contribution in [0.15, 0.2) is 71.8 Å². The van der Waals surface area contributed by atoms with Crippen LogP contribution in [0.25, 0.3) is 0 Å². The van der Waals surface area contributed by atoms with Gasteiger partial charge in [-0.2, -0.15) is 5.10 Å². The van der Waals surface area contributed by atoms with Crippen LogP contribution < -0.4 is 24.4 Å². The van der Waals surface area contributed by atoms with Crippen molar-refractivity contribution in [3.8, 4) is 23.0 Å². The minimum Gasteiger partial charge on any atom is -0.497 e. The van der Waals surface area contributed by atoms with Crippen LogP contribution in [0.5, 0.6) is 23.0 Å². The fourth-order valence-corrected chi connectivity index (χ4v) is 2.77.